The number of hydrogen-bond acceptors (Lipinski definition) is 5. The van der Waals surface area contributed by atoms with E-state index < -0.39 is 18.2 Å². The molecule has 0 heterocycles. The largest absolute Gasteiger partial charge is 0.463 e. The highest BCUT2D eigenvalue weighted by Crippen LogP contribution is 2.13. The quantitative estimate of drug-likeness (QED) is 0.161. The number of allylic oxidation sites excluding steroid dienone is 2. The zero-order valence-electron chi connectivity index (χ0n) is 17.6. The lowest BCUT2D eigenvalue weighted by atomic mass is 10.1. The van der Waals surface area contributed by atoms with Crippen molar-refractivity contribution in [2.24, 2.45) is 0 Å². The van der Waals surface area contributed by atoms with Gasteiger partial charge < -0.3 is 14.2 Å². The minimum atomic E-state index is -0.720. The van der Waals surface area contributed by atoms with Crippen molar-refractivity contribution in [3.8, 4) is 0 Å². The van der Waals surface area contributed by atoms with Gasteiger partial charge in [0.05, 0.1) is 12.5 Å². The molecule has 0 amide bonds. The number of hydrogen-bond donors (Lipinski definition) is 0. The van der Waals surface area contributed by atoms with Gasteiger partial charge in [0.15, 0.2) is 0 Å². The molecule has 27 heavy (non-hydrogen) atoms. The van der Waals surface area contributed by atoms with Gasteiger partial charge in [0.1, 0.15) is 0 Å². The van der Waals surface area contributed by atoms with E-state index in [1.54, 1.807) is 13.2 Å². The van der Waals surface area contributed by atoms with Crippen molar-refractivity contribution in [1.29, 1.82) is 0 Å². The average Bonchev–Trinajstić information content (AvgIpc) is 2.66. The maximum absolute atomic E-state index is 11.7. The van der Waals surface area contributed by atoms with Crippen LogP contribution in [0.2, 0.25) is 0 Å². The third-order valence-electron chi connectivity index (χ3n) is 4.02. The number of unbranched alkanes of at least 4 members (excludes halogenated alkanes) is 2. The molecule has 0 aromatic heterocycles. The van der Waals surface area contributed by atoms with Crippen LogP contribution in [0.1, 0.15) is 86.0 Å². The van der Waals surface area contributed by atoms with Gasteiger partial charge >= 0.3 is 11.9 Å². The van der Waals surface area contributed by atoms with Crippen molar-refractivity contribution in [2.75, 3.05) is 0 Å². The summed E-state index contributed by atoms with van der Waals surface area (Å²) in [6, 6.07) is 0. The summed E-state index contributed by atoms with van der Waals surface area (Å²) in [5, 5.41) is 0. The van der Waals surface area contributed by atoms with Crippen LogP contribution >= 0.6 is 0 Å². The Morgan fingerprint density at radius 2 is 1.33 bits per heavy atom. The SMILES string of the molecule is CCCC/C(=C\OC(C)OC(=O)/C=C\C(=O)O/C=C(\CC)CCCC)CC. The number of rotatable bonds is 14. The van der Waals surface area contributed by atoms with Crippen molar-refractivity contribution in [2.45, 2.75) is 92.3 Å². The lowest BCUT2D eigenvalue weighted by Crippen LogP contribution is -2.15. The van der Waals surface area contributed by atoms with Gasteiger partial charge in [-0.25, -0.2) is 9.59 Å². The van der Waals surface area contributed by atoms with Crippen LogP contribution in [0.4, 0.5) is 0 Å². The van der Waals surface area contributed by atoms with Gasteiger partial charge in [-0.15, -0.1) is 0 Å². The second-order valence-corrected chi connectivity index (χ2v) is 6.38. The maximum Gasteiger partial charge on any atom is 0.335 e. The summed E-state index contributed by atoms with van der Waals surface area (Å²) >= 11 is 0. The van der Waals surface area contributed by atoms with Gasteiger partial charge in [0.25, 0.3) is 0 Å². The Bertz CT molecular complexity index is 517. The maximum atomic E-state index is 11.7. The van der Waals surface area contributed by atoms with Crippen LogP contribution in [0.5, 0.6) is 0 Å². The molecule has 154 valence electrons. The molecule has 1 atom stereocenters. The summed E-state index contributed by atoms with van der Waals surface area (Å²) in [6.45, 7) is 9.97. The Morgan fingerprint density at radius 1 is 0.815 bits per heavy atom. The monoisotopic (exact) mass is 380 g/mol. The molecule has 0 rings (SSSR count). The molecule has 0 N–H and O–H groups in total. The first-order valence-electron chi connectivity index (χ1n) is 10.1. The molecule has 0 aliphatic carbocycles. The Hall–Kier alpha value is -2.04. The second-order valence-electron chi connectivity index (χ2n) is 6.38. The van der Waals surface area contributed by atoms with E-state index in [1.165, 1.54) is 11.8 Å². The van der Waals surface area contributed by atoms with Gasteiger partial charge in [0, 0.05) is 19.1 Å². The Balaban J connectivity index is 4.36. The topological polar surface area (TPSA) is 61.8 Å². The van der Waals surface area contributed by atoms with E-state index in [1.807, 2.05) is 6.92 Å². The van der Waals surface area contributed by atoms with Crippen molar-refractivity contribution in [3.05, 3.63) is 35.8 Å². The fourth-order valence-corrected chi connectivity index (χ4v) is 2.19. The van der Waals surface area contributed by atoms with Crippen LogP contribution in [0, 0.1) is 0 Å². The Kier molecular flexibility index (Phi) is 14.9. The minimum absolute atomic E-state index is 0.601. The molecule has 0 saturated carbocycles. The predicted molar refractivity (Wildman–Crippen MR) is 108 cm³/mol. The van der Waals surface area contributed by atoms with E-state index >= 15 is 0 Å². The molecule has 0 aromatic carbocycles. The Labute approximate surface area is 164 Å². The van der Waals surface area contributed by atoms with Crippen molar-refractivity contribution < 1.29 is 23.8 Å². The van der Waals surface area contributed by atoms with Gasteiger partial charge in [-0.05, 0) is 49.7 Å². The molecule has 0 saturated heterocycles. The van der Waals surface area contributed by atoms with Crippen molar-refractivity contribution >= 4 is 11.9 Å². The van der Waals surface area contributed by atoms with Crippen LogP contribution < -0.4 is 0 Å². The lowest BCUT2D eigenvalue weighted by molar-refractivity contribution is -0.160. The number of esters is 2. The smallest absolute Gasteiger partial charge is 0.335 e. The van der Waals surface area contributed by atoms with E-state index in [2.05, 4.69) is 20.8 Å². The first-order chi connectivity index (χ1) is 13.0. The first kappa shape index (κ1) is 25.0. The van der Waals surface area contributed by atoms with Gasteiger partial charge in [0.2, 0.25) is 6.29 Å². The van der Waals surface area contributed by atoms with Crippen molar-refractivity contribution in [1.82, 2.24) is 0 Å². The molecule has 0 fully saturated rings. The molecular weight excluding hydrogens is 344 g/mol. The summed E-state index contributed by atoms with van der Waals surface area (Å²) in [5.41, 5.74) is 2.25. The number of carbonyl (C=O) groups is 2. The highest BCUT2D eigenvalue weighted by Gasteiger charge is 2.07. The van der Waals surface area contributed by atoms with Gasteiger partial charge in [-0.2, -0.15) is 0 Å². The zero-order valence-corrected chi connectivity index (χ0v) is 17.6. The molecule has 1 unspecified atom stereocenters. The zero-order chi connectivity index (χ0) is 20.5. The third kappa shape index (κ3) is 13.8. The molecule has 0 bridgehead atoms. The minimum Gasteiger partial charge on any atom is -0.463 e. The molecule has 5 nitrogen and oxygen atoms in total. The summed E-state index contributed by atoms with van der Waals surface area (Å²) in [6.07, 6.45) is 12.5. The molecule has 5 heteroatoms. The molecule has 0 aliphatic rings. The summed E-state index contributed by atoms with van der Waals surface area (Å²) in [4.78, 5) is 23.4. The van der Waals surface area contributed by atoms with E-state index in [0.29, 0.717) is 0 Å². The Morgan fingerprint density at radius 3 is 1.85 bits per heavy atom. The fourth-order valence-electron chi connectivity index (χ4n) is 2.19. The van der Waals surface area contributed by atoms with Gasteiger partial charge in [-0.3, -0.25) is 0 Å². The normalized spacial score (nSPS) is 13.5. The summed E-state index contributed by atoms with van der Waals surface area (Å²) in [7, 11) is 0. The van der Waals surface area contributed by atoms with Crippen LogP contribution in [0.25, 0.3) is 0 Å². The van der Waals surface area contributed by atoms with Crippen LogP contribution in [-0.2, 0) is 23.8 Å². The second kappa shape index (κ2) is 16.2. The third-order valence-corrected chi connectivity index (χ3v) is 4.02. The lowest BCUT2D eigenvalue weighted by Gasteiger charge is -2.12. The summed E-state index contributed by atoms with van der Waals surface area (Å²) < 4.78 is 15.6. The molecule has 0 aliphatic heterocycles. The van der Waals surface area contributed by atoms with E-state index in [0.717, 1.165) is 69.1 Å². The van der Waals surface area contributed by atoms with E-state index in [-0.39, 0.29) is 0 Å². The fraction of sp³-hybridized carbons (Fsp3) is 0.636. The molecule has 0 aromatic rings. The summed E-state index contributed by atoms with van der Waals surface area (Å²) in [5.74, 6) is -1.25. The van der Waals surface area contributed by atoms with Crippen LogP contribution in [0.3, 0.4) is 0 Å². The van der Waals surface area contributed by atoms with E-state index in [9.17, 15) is 9.59 Å². The van der Waals surface area contributed by atoms with Crippen molar-refractivity contribution in [3.63, 3.8) is 0 Å². The molecular formula is C22H36O5. The van der Waals surface area contributed by atoms with Crippen LogP contribution in [-0.4, -0.2) is 18.2 Å². The number of ether oxygens (including phenoxy) is 3. The molecule has 0 radical (unpaired) electrons. The standard InChI is InChI=1S/C22H36O5/c1-6-10-12-19(8-3)16-25-18(5)27-22(24)15-14-21(23)26-17-20(9-4)13-11-7-2/h14-18H,6-13H2,1-5H3/b15-14-,19-16-,20-17+. The highest BCUT2D eigenvalue weighted by atomic mass is 16.7. The van der Waals surface area contributed by atoms with E-state index in [4.69, 9.17) is 14.2 Å². The first-order valence-corrected chi connectivity index (χ1v) is 10.1. The predicted octanol–water partition coefficient (Wildman–Crippen LogP) is 5.96. The average molecular weight is 381 g/mol. The molecule has 0 spiro atoms. The highest BCUT2D eigenvalue weighted by molar-refractivity contribution is 5.91. The van der Waals surface area contributed by atoms with Crippen LogP contribution in [0.15, 0.2) is 35.8 Å². The van der Waals surface area contributed by atoms with Gasteiger partial charge in [-0.1, -0.05) is 40.5 Å². The number of carbonyl (C=O) groups excluding carboxylic acids is 2.